The van der Waals surface area contributed by atoms with Gasteiger partial charge in [0.15, 0.2) is 5.69 Å². The quantitative estimate of drug-likeness (QED) is 0.237. The number of aromatic carboxylic acids is 1. The highest BCUT2D eigenvalue weighted by Crippen LogP contribution is 2.39. The van der Waals surface area contributed by atoms with E-state index in [0.717, 1.165) is 35.1 Å². The lowest BCUT2D eigenvalue weighted by atomic mass is 9.90. The molecule has 0 bridgehead atoms. The monoisotopic (exact) mass is 546 g/mol. The molecule has 9 heteroatoms. The predicted octanol–water partition coefficient (Wildman–Crippen LogP) is 6.77. The minimum atomic E-state index is -4.84. The summed E-state index contributed by atoms with van der Waals surface area (Å²) in [5.74, 6) is -2.29. The van der Waals surface area contributed by atoms with Gasteiger partial charge in [-0.1, -0.05) is 54.6 Å². The molecular weight excluding hydrogens is 521 g/mol. The number of oxazole rings is 1. The summed E-state index contributed by atoms with van der Waals surface area (Å²) < 4.78 is 47.2. The van der Waals surface area contributed by atoms with E-state index in [2.05, 4.69) is 17.1 Å². The van der Waals surface area contributed by atoms with Gasteiger partial charge in [-0.3, -0.25) is 4.79 Å². The molecule has 0 spiro atoms. The fraction of sp³-hybridized carbons (Fsp3) is 0.258. The van der Waals surface area contributed by atoms with Crippen LogP contribution in [0.1, 0.15) is 67.6 Å². The van der Waals surface area contributed by atoms with Gasteiger partial charge in [0.2, 0.25) is 11.5 Å². The number of Topliss-reactive ketones (excluding diaryl/α,β-unsaturated/α-hetero) is 1. The molecule has 3 aromatic carbocycles. The van der Waals surface area contributed by atoms with Crippen LogP contribution >= 0.6 is 0 Å². The lowest BCUT2D eigenvalue weighted by molar-refractivity contribution is -0.141. The first-order chi connectivity index (χ1) is 19.2. The Hall–Kier alpha value is -4.40. The van der Waals surface area contributed by atoms with Gasteiger partial charge in [0.1, 0.15) is 0 Å². The fourth-order valence-corrected chi connectivity index (χ4v) is 5.73. The van der Waals surface area contributed by atoms with Gasteiger partial charge in [0, 0.05) is 19.5 Å². The van der Waals surface area contributed by atoms with E-state index < -0.39 is 29.4 Å². The molecule has 4 aromatic rings. The molecule has 0 radical (unpaired) electrons. The molecule has 40 heavy (non-hydrogen) atoms. The number of rotatable bonds is 6. The molecule has 1 aliphatic heterocycles. The average Bonchev–Trinajstić information content (AvgIpc) is 3.55. The van der Waals surface area contributed by atoms with E-state index in [1.54, 1.807) is 29.2 Å². The van der Waals surface area contributed by atoms with Crippen LogP contribution in [0.15, 0.2) is 71.1 Å². The van der Waals surface area contributed by atoms with Crippen molar-refractivity contribution >= 4 is 17.8 Å². The molecule has 6 rings (SSSR count). The van der Waals surface area contributed by atoms with Crippen molar-refractivity contribution in [1.29, 1.82) is 0 Å². The third kappa shape index (κ3) is 4.87. The summed E-state index contributed by atoms with van der Waals surface area (Å²) >= 11 is 0. The summed E-state index contributed by atoms with van der Waals surface area (Å²) in [7, 11) is 0. The van der Waals surface area contributed by atoms with Gasteiger partial charge in [-0.15, -0.1) is 0 Å². The third-order valence-electron chi connectivity index (χ3n) is 7.73. The van der Waals surface area contributed by atoms with Gasteiger partial charge in [-0.05, 0) is 70.7 Å². The first-order valence-electron chi connectivity index (χ1n) is 13.1. The van der Waals surface area contributed by atoms with Gasteiger partial charge < -0.3 is 14.4 Å². The smallest absolute Gasteiger partial charge is 0.437 e. The number of nitrogens with zero attached hydrogens (tertiary/aromatic N) is 2. The minimum absolute atomic E-state index is 0.180. The van der Waals surface area contributed by atoms with Crippen LogP contribution < -0.4 is 4.90 Å². The molecule has 6 nitrogen and oxygen atoms in total. The zero-order valence-electron chi connectivity index (χ0n) is 21.4. The number of benzene rings is 3. The summed E-state index contributed by atoms with van der Waals surface area (Å²) in [6.45, 7) is 0.944. The van der Waals surface area contributed by atoms with Crippen LogP contribution in [0.2, 0.25) is 0 Å². The maximum atomic E-state index is 13.9. The van der Waals surface area contributed by atoms with Crippen LogP contribution in [0.3, 0.4) is 0 Å². The summed E-state index contributed by atoms with van der Waals surface area (Å²) in [6, 6.07) is 20.0. The summed E-state index contributed by atoms with van der Waals surface area (Å²) in [6.07, 6.45) is -3.16. The molecular formula is C31H25F3N2O4. The number of carbonyl (C=O) groups excluding carboxylic acids is 1. The summed E-state index contributed by atoms with van der Waals surface area (Å²) in [4.78, 5) is 29.9. The van der Waals surface area contributed by atoms with E-state index in [4.69, 9.17) is 4.42 Å². The highest BCUT2D eigenvalue weighted by Gasteiger charge is 2.42. The predicted molar refractivity (Wildman–Crippen MR) is 142 cm³/mol. The van der Waals surface area contributed by atoms with Crippen molar-refractivity contribution in [1.82, 2.24) is 4.98 Å². The van der Waals surface area contributed by atoms with E-state index in [-0.39, 0.29) is 18.0 Å². The number of carboxylic acids is 1. The minimum Gasteiger partial charge on any atom is -0.478 e. The molecule has 1 aromatic heterocycles. The number of hydrogen-bond donors (Lipinski definition) is 1. The second kappa shape index (κ2) is 9.97. The lowest BCUT2D eigenvalue weighted by Gasteiger charge is -2.31. The topological polar surface area (TPSA) is 83.6 Å². The molecule has 0 atom stereocenters. The van der Waals surface area contributed by atoms with Gasteiger partial charge in [-0.25, -0.2) is 4.79 Å². The van der Waals surface area contributed by atoms with Gasteiger partial charge >= 0.3 is 12.1 Å². The van der Waals surface area contributed by atoms with Crippen molar-refractivity contribution in [2.24, 2.45) is 0 Å². The number of aromatic nitrogens is 1. The number of anilines is 1. The fourth-order valence-electron chi connectivity index (χ4n) is 5.73. The number of piperidine rings is 1. The Morgan fingerprint density at radius 1 is 0.950 bits per heavy atom. The Labute approximate surface area is 228 Å². The number of ketones is 1. The van der Waals surface area contributed by atoms with E-state index in [0.29, 0.717) is 31.0 Å². The second-order valence-electron chi connectivity index (χ2n) is 10.3. The Morgan fingerprint density at radius 2 is 1.62 bits per heavy atom. The van der Waals surface area contributed by atoms with E-state index in [9.17, 15) is 27.9 Å². The van der Waals surface area contributed by atoms with Gasteiger partial charge in [-0.2, -0.15) is 18.2 Å². The molecule has 204 valence electrons. The Kier molecular flexibility index (Phi) is 6.44. The number of halogens is 3. The molecule has 1 aliphatic carbocycles. The maximum absolute atomic E-state index is 13.9. The van der Waals surface area contributed by atoms with Crippen LogP contribution in [0, 0.1) is 0 Å². The normalized spacial score (nSPS) is 15.1. The third-order valence-corrected chi connectivity index (χ3v) is 7.73. The molecule has 0 amide bonds. The second-order valence-corrected chi connectivity index (χ2v) is 10.3. The van der Waals surface area contributed by atoms with Crippen LogP contribution in [-0.4, -0.2) is 34.9 Å². The molecule has 2 aliphatic rings. The van der Waals surface area contributed by atoms with Gasteiger partial charge in [0.25, 0.3) is 6.01 Å². The van der Waals surface area contributed by atoms with Gasteiger partial charge in [0.05, 0.1) is 5.56 Å². The van der Waals surface area contributed by atoms with E-state index in [1.807, 2.05) is 24.3 Å². The van der Waals surface area contributed by atoms with E-state index in [1.165, 1.54) is 11.6 Å². The number of carbonyl (C=O) groups is 2. The van der Waals surface area contributed by atoms with Crippen molar-refractivity contribution in [3.8, 4) is 11.1 Å². The van der Waals surface area contributed by atoms with Crippen LogP contribution in [-0.2, 0) is 19.0 Å². The first kappa shape index (κ1) is 25.9. The van der Waals surface area contributed by atoms with Crippen molar-refractivity contribution in [3.63, 3.8) is 0 Å². The number of carboxylic acid groups (broad SMARTS) is 1. The van der Waals surface area contributed by atoms with Crippen molar-refractivity contribution < 1.29 is 32.3 Å². The van der Waals surface area contributed by atoms with Crippen molar-refractivity contribution in [3.05, 3.63) is 106 Å². The highest BCUT2D eigenvalue weighted by molar-refractivity contribution is 5.96. The summed E-state index contributed by atoms with van der Waals surface area (Å²) in [5, 5.41) is 9.27. The number of fused-ring (bicyclic) bond motifs is 3. The Morgan fingerprint density at radius 3 is 2.30 bits per heavy atom. The van der Waals surface area contributed by atoms with E-state index >= 15 is 0 Å². The number of alkyl halides is 3. The zero-order valence-corrected chi connectivity index (χ0v) is 21.4. The zero-order chi connectivity index (χ0) is 28.0. The van der Waals surface area contributed by atoms with Crippen LogP contribution in [0.5, 0.6) is 0 Å². The summed E-state index contributed by atoms with van der Waals surface area (Å²) in [5.41, 5.74) is 4.20. The van der Waals surface area contributed by atoms with Crippen LogP contribution in [0.4, 0.5) is 19.2 Å². The standard InChI is InChI=1S/C31H25F3N2O4/c32-31(33,34)28-27(40-30(35-28)36-12-10-20(11-13-36)19-4-2-1-3-5-19)26(37)15-18-6-8-24-22(14-18)17-23-16-21(29(38)39)7-9-25(23)24/h1-9,14,16,20H,10-13,15,17H2,(H,38,39). The molecule has 1 fully saturated rings. The first-order valence-corrected chi connectivity index (χ1v) is 13.1. The molecule has 1 saturated heterocycles. The van der Waals surface area contributed by atoms with Crippen molar-refractivity contribution in [2.75, 3.05) is 18.0 Å². The average molecular weight is 547 g/mol. The van der Waals surface area contributed by atoms with Crippen LogP contribution in [0.25, 0.3) is 11.1 Å². The molecule has 1 N–H and O–H groups in total. The Balaban J connectivity index is 1.20. The maximum Gasteiger partial charge on any atom is 0.437 e. The molecule has 0 saturated carbocycles. The Bertz CT molecular complexity index is 1600. The SMILES string of the molecule is O=C(O)c1ccc2c(c1)Cc1cc(CC(=O)c3oc(N4CCC(c5ccccc5)CC4)nc3C(F)(F)F)ccc1-2. The number of hydrogen-bond acceptors (Lipinski definition) is 5. The van der Waals surface area contributed by atoms with Crippen molar-refractivity contribution in [2.45, 2.75) is 37.8 Å². The molecule has 2 heterocycles. The lowest BCUT2D eigenvalue weighted by Crippen LogP contribution is -2.33. The highest BCUT2D eigenvalue weighted by atomic mass is 19.4. The molecule has 0 unspecified atom stereocenters. The largest absolute Gasteiger partial charge is 0.478 e.